The fourth-order valence-corrected chi connectivity index (χ4v) is 2.35. The van der Waals surface area contributed by atoms with E-state index in [9.17, 15) is 0 Å². The van der Waals surface area contributed by atoms with E-state index in [1.165, 1.54) is 11.1 Å². The monoisotopic (exact) mass is 242 g/mol. The topological polar surface area (TPSA) is 29.5 Å². The molecule has 3 heteroatoms. The van der Waals surface area contributed by atoms with Crippen molar-refractivity contribution in [3.8, 4) is 5.75 Å². The summed E-state index contributed by atoms with van der Waals surface area (Å²) >= 11 is 6.27. The third kappa shape index (κ3) is 2.33. The molecule has 0 amide bonds. The van der Waals surface area contributed by atoms with Crippen molar-refractivity contribution in [3.63, 3.8) is 0 Å². The predicted molar refractivity (Wildman–Crippen MR) is 67.6 cm³/mol. The van der Waals surface area contributed by atoms with Crippen molar-refractivity contribution < 1.29 is 9.84 Å². The molecule has 0 aliphatic rings. The van der Waals surface area contributed by atoms with Crippen molar-refractivity contribution >= 4 is 11.6 Å². The molecule has 0 radical (unpaired) electrons. The Labute approximate surface area is 102 Å². The van der Waals surface area contributed by atoms with Crippen LogP contribution in [0.25, 0.3) is 0 Å². The molecule has 0 saturated heterocycles. The zero-order valence-electron chi connectivity index (χ0n) is 10.4. The van der Waals surface area contributed by atoms with Crippen molar-refractivity contribution in [1.29, 1.82) is 0 Å². The number of ether oxygens (including phenoxy) is 1. The molecule has 1 N–H and O–H groups in total. The highest BCUT2D eigenvalue weighted by Gasteiger charge is 2.15. The number of benzene rings is 1. The van der Waals surface area contributed by atoms with Crippen molar-refractivity contribution in [1.82, 2.24) is 0 Å². The molecule has 16 heavy (non-hydrogen) atoms. The zero-order valence-corrected chi connectivity index (χ0v) is 11.1. The number of halogens is 1. The number of hydrogen-bond acceptors (Lipinski definition) is 2. The van der Waals surface area contributed by atoms with Crippen LogP contribution in [0.15, 0.2) is 0 Å². The Hall–Kier alpha value is -0.730. The Kier molecular flexibility index (Phi) is 4.63. The fourth-order valence-electron chi connectivity index (χ4n) is 2.02. The van der Waals surface area contributed by atoms with Gasteiger partial charge in [-0.15, -0.1) is 0 Å². The van der Waals surface area contributed by atoms with E-state index in [-0.39, 0.29) is 6.61 Å². The van der Waals surface area contributed by atoms with E-state index in [1.54, 1.807) is 7.11 Å². The second-order valence-electron chi connectivity index (χ2n) is 4.03. The summed E-state index contributed by atoms with van der Waals surface area (Å²) in [5.41, 5.74) is 4.60. The van der Waals surface area contributed by atoms with E-state index in [2.05, 4.69) is 6.92 Å². The normalized spacial score (nSPS) is 10.6. The number of rotatable bonds is 4. The van der Waals surface area contributed by atoms with Gasteiger partial charge in [-0.1, -0.05) is 11.6 Å². The molecule has 0 spiro atoms. The van der Waals surface area contributed by atoms with Gasteiger partial charge in [0, 0.05) is 6.61 Å². The van der Waals surface area contributed by atoms with Crippen molar-refractivity contribution in [2.45, 2.75) is 33.6 Å². The Morgan fingerprint density at radius 2 is 1.75 bits per heavy atom. The minimum Gasteiger partial charge on any atom is -0.495 e. The van der Waals surface area contributed by atoms with E-state index in [0.29, 0.717) is 5.02 Å². The third-order valence-corrected chi connectivity index (χ3v) is 3.58. The van der Waals surface area contributed by atoms with Gasteiger partial charge in [0.05, 0.1) is 12.1 Å². The van der Waals surface area contributed by atoms with Crippen LogP contribution in [-0.4, -0.2) is 18.8 Å². The Morgan fingerprint density at radius 1 is 1.12 bits per heavy atom. The van der Waals surface area contributed by atoms with Gasteiger partial charge in [0.1, 0.15) is 5.75 Å². The maximum atomic E-state index is 8.89. The first kappa shape index (κ1) is 13.3. The summed E-state index contributed by atoms with van der Waals surface area (Å²) in [5.74, 6) is 0.768. The van der Waals surface area contributed by atoms with Gasteiger partial charge in [0.15, 0.2) is 0 Å². The lowest BCUT2D eigenvalue weighted by atomic mass is 9.94. The summed E-state index contributed by atoms with van der Waals surface area (Å²) < 4.78 is 5.32. The van der Waals surface area contributed by atoms with Crippen LogP contribution in [0.5, 0.6) is 5.75 Å². The zero-order chi connectivity index (χ0) is 12.3. The molecule has 1 aromatic carbocycles. The molecular formula is C13H19ClO2. The van der Waals surface area contributed by atoms with Crippen molar-refractivity contribution in [2.75, 3.05) is 13.7 Å². The van der Waals surface area contributed by atoms with Gasteiger partial charge < -0.3 is 9.84 Å². The molecule has 0 saturated carbocycles. The number of aliphatic hydroxyl groups is 1. The van der Waals surface area contributed by atoms with E-state index in [0.717, 1.165) is 29.7 Å². The van der Waals surface area contributed by atoms with Gasteiger partial charge in [0.2, 0.25) is 0 Å². The lowest BCUT2D eigenvalue weighted by Gasteiger charge is -2.18. The maximum Gasteiger partial charge on any atom is 0.140 e. The molecule has 0 aromatic heterocycles. The van der Waals surface area contributed by atoms with Gasteiger partial charge in [-0.25, -0.2) is 0 Å². The molecule has 0 aliphatic heterocycles. The van der Waals surface area contributed by atoms with Crippen LogP contribution in [0.2, 0.25) is 5.02 Å². The lowest BCUT2D eigenvalue weighted by Crippen LogP contribution is -2.02. The summed E-state index contributed by atoms with van der Waals surface area (Å²) in [5, 5.41) is 9.58. The van der Waals surface area contributed by atoms with Crippen LogP contribution in [0.1, 0.15) is 28.7 Å². The van der Waals surface area contributed by atoms with Crippen LogP contribution in [0.3, 0.4) is 0 Å². The molecule has 0 bridgehead atoms. The Morgan fingerprint density at radius 3 is 2.25 bits per heavy atom. The highest BCUT2D eigenvalue weighted by molar-refractivity contribution is 6.33. The van der Waals surface area contributed by atoms with Crippen LogP contribution >= 0.6 is 11.6 Å². The van der Waals surface area contributed by atoms with Gasteiger partial charge >= 0.3 is 0 Å². The van der Waals surface area contributed by atoms with Crippen LogP contribution < -0.4 is 4.74 Å². The van der Waals surface area contributed by atoms with Crippen LogP contribution in [0, 0.1) is 20.8 Å². The fraction of sp³-hybridized carbons (Fsp3) is 0.538. The number of hydrogen-bond donors (Lipinski definition) is 1. The van der Waals surface area contributed by atoms with Gasteiger partial charge in [-0.2, -0.15) is 0 Å². The molecule has 0 unspecified atom stereocenters. The molecule has 0 aliphatic carbocycles. The smallest absolute Gasteiger partial charge is 0.140 e. The highest BCUT2D eigenvalue weighted by Crippen LogP contribution is 2.37. The largest absolute Gasteiger partial charge is 0.495 e. The highest BCUT2D eigenvalue weighted by atomic mass is 35.5. The first-order valence-electron chi connectivity index (χ1n) is 5.47. The first-order valence-corrected chi connectivity index (χ1v) is 5.85. The Balaban J connectivity index is 3.29. The molecule has 90 valence electrons. The third-order valence-electron chi connectivity index (χ3n) is 3.13. The summed E-state index contributed by atoms with van der Waals surface area (Å²) in [6.45, 7) is 6.31. The van der Waals surface area contributed by atoms with Crippen LogP contribution in [-0.2, 0) is 6.42 Å². The lowest BCUT2D eigenvalue weighted by molar-refractivity contribution is 0.288. The summed E-state index contributed by atoms with van der Waals surface area (Å²) in [4.78, 5) is 0. The molecular weight excluding hydrogens is 224 g/mol. The minimum absolute atomic E-state index is 0.210. The van der Waals surface area contributed by atoms with E-state index < -0.39 is 0 Å². The summed E-state index contributed by atoms with van der Waals surface area (Å²) in [7, 11) is 1.64. The van der Waals surface area contributed by atoms with Crippen molar-refractivity contribution in [2.24, 2.45) is 0 Å². The molecule has 0 atom stereocenters. The quantitative estimate of drug-likeness (QED) is 0.879. The van der Waals surface area contributed by atoms with E-state index in [1.807, 2.05) is 13.8 Å². The SMILES string of the molecule is COc1c(C)c(C)c(CCCO)c(C)c1Cl. The molecule has 2 nitrogen and oxygen atoms in total. The number of methoxy groups -OCH3 is 1. The Bertz CT molecular complexity index is 357. The second-order valence-corrected chi connectivity index (χ2v) is 4.41. The van der Waals surface area contributed by atoms with Crippen LogP contribution in [0.4, 0.5) is 0 Å². The molecule has 0 fully saturated rings. The molecule has 0 heterocycles. The molecule has 1 rings (SSSR count). The number of aliphatic hydroxyl groups excluding tert-OH is 1. The molecule has 1 aromatic rings. The average Bonchev–Trinajstić information content (AvgIpc) is 2.27. The summed E-state index contributed by atoms with van der Waals surface area (Å²) in [6.07, 6.45) is 1.63. The first-order chi connectivity index (χ1) is 7.54. The minimum atomic E-state index is 0.210. The standard InChI is InChI=1S/C13H19ClO2/c1-8-9(2)13(16-4)12(14)10(3)11(8)6-5-7-15/h15H,5-7H2,1-4H3. The van der Waals surface area contributed by atoms with E-state index >= 15 is 0 Å². The predicted octanol–water partition coefficient (Wildman–Crippen LogP) is 3.20. The maximum absolute atomic E-state index is 8.89. The van der Waals surface area contributed by atoms with Crippen molar-refractivity contribution in [3.05, 3.63) is 27.3 Å². The van der Waals surface area contributed by atoms with Gasteiger partial charge in [-0.3, -0.25) is 0 Å². The average molecular weight is 243 g/mol. The van der Waals surface area contributed by atoms with Gasteiger partial charge in [0.25, 0.3) is 0 Å². The van der Waals surface area contributed by atoms with Gasteiger partial charge in [-0.05, 0) is 55.9 Å². The summed E-state index contributed by atoms with van der Waals surface area (Å²) in [6, 6.07) is 0. The van der Waals surface area contributed by atoms with E-state index in [4.69, 9.17) is 21.4 Å². The second kappa shape index (κ2) is 5.55.